The molecule has 0 bridgehead atoms. The van der Waals surface area contributed by atoms with Crippen molar-refractivity contribution < 1.29 is 9.47 Å². The first kappa shape index (κ1) is 13.9. The van der Waals surface area contributed by atoms with Gasteiger partial charge in [0.25, 0.3) is 0 Å². The Hall–Kier alpha value is -1.56. The molecule has 1 fully saturated rings. The second-order valence-electron chi connectivity index (χ2n) is 4.53. The molecule has 0 atom stereocenters. The first-order chi connectivity index (χ1) is 9.31. The highest BCUT2D eigenvalue weighted by Gasteiger charge is 2.32. The third-order valence-corrected chi connectivity index (χ3v) is 3.13. The molecule has 106 valence electrons. The zero-order valence-corrected chi connectivity index (χ0v) is 11.8. The van der Waals surface area contributed by atoms with Crippen LogP contribution < -0.4 is 15.0 Å². The number of rotatable bonds is 8. The number of hydrogen-bond donors (Lipinski definition) is 1. The number of nitrogens with one attached hydrogen (secondary N) is 1. The van der Waals surface area contributed by atoms with E-state index in [1.54, 1.807) is 20.5 Å². The Labute approximate surface area is 114 Å². The molecule has 0 unspecified atom stereocenters. The van der Waals surface area contributed by atoms with E-state index >= 15 is 0 Å². The Morgan fingerprint density at radius 2 is 2.16 bits per heavy atom. The van der Waals surface area contributed by atoms with Crippen molar-refractivity contribution in [3.63, 3.8) is 0 Å². The number of aromatic nitrogens is 2. The molecule has 6 nitrogen and oxygen atoms in total. The summed E-state index contributed by atoms with van der Waals surface area (Å²) in [6.45, 7) is 4.33. The minimum atomic E-state index is 0.549. The Morgan fingerprint density at radius 3 is 2.74 bits per heavy atom. The molecule has 1 aromatic rings. The van der Waals surface area contributed by atoms with Crippen molar-refractivity contribution in [3.05, 3.63) is 6.33 Å². The molecule has 6 heteroatoms. The highest BCUT2D eigenvalue weighted by Crippen LogP contribution is 2.38. The van der Waals surface area contributed by atoms with Crippen molar-refractivity contribution in [2.45, 2.75) is 25.8 Å². The van der Waals surface area contributed by atoms with Crippen molar-refractivity contribution >= 4 is 11.6 Å². The molecule has 0 aliphatic heterocycles. The van der Waals surface area contributed by atoms with Gasteiger partial charge in [0.15, 0.2) is 11.6 Å². The van der Waals surface area contributed by atoms with Crippen molar-refractivity contribution in [1.29, 1.82) is 0 Å². The molecule has 19 heavy (non-hydrogen) atoms. The van der Waals surface area contributed by atoms with E-state index in [2.05, 4.69) is 20.2 Å². The zero-order chi connectivity index (χ0) is 13.7. The predicted molar refractivity (Wildman–Crippen MR) is 75.0 cm³/mol. The number of nitrogens with zero attached hydrogens (tertiary/aromatic N) is 3. The minimum Gasteiger partial charge on any atom is -0.490 e. The fourth-order valence-electron chi connectivity index (χ4n) is 2.09. The molecule has 1 heterocycles. The van der Waals surface area contributed by atoms with Gasteiger partial charge in [0.1, 0.15) is 6.33 Å². The summed E-state index contributed by atoms with van der Waals surface area (Å²) in [5.41, 5.74) is 0. The Bertz CT molecular complexity index is 410. The molecule has 2 rings (SSSR count). The first-order valence-corrected chi connectivity index (χ1v) is 6.70. The number of ether oxygens (including phenoxy) is 2. The first-order valence-electron chi connectivity index (χ1n) is 6.70. The van der Waals surface area contributed by atoms with Gasteiger partial charge in [-0.25, -0.2) is 9.97 Å². The van der Waals surface area contributed by atoms with Crippen LogP contribution in [0.4, 0.5) is 11.6 Å². The zero-order valence-electron chi connectivity index (χ0n) is 11.8. The molecule has 0 radical (unpaired) electrons. The number of hydrogen-bond acceptors (Lipinski definition) is 6. The second kappa shape index (κ2) is 6.56. The van der Waals surface area contributed by atoms with Gasteiger partial charge >= 0.3 is 0 Å². The highest BCUT2D eigenvalue weighted by molar-refractivity contribution is 5.65. The van der Waals surface area contributed by atoms with Gasteiger partial charge in [-0.2, -0.15) is 0 Å². The molecular formula is C13H22N4O2. The van der Waals surface area contributed by atoms with Crippen LogP contribution in [0, 0.1) is 0 Å². The van der Waals surface area contributed by atoms with Crippen molar-refractivity contribution in [1.82, 2.24) is 9.97 Å². The smallest absolute Gasteiger partial charge is 0.204 e. The van der Waals surface area contributed by atoms with Gasteiger partial charge in [0.2, 0.25) is 5.75 Å². The van der Waals surface area contributed by atoms with Crippen LogP contribution in [0.3, 0.4) is 0 Å². The highest BCUT2D eigenvalue weighted by atomic mass is 16.5. The van der Waals surface area contributed by atoms with E-state index in [-0.39, 0.29) is 0 Å². The van der Waals surface area contributed by atoms with E-state index in [1.807, 2.05) is 6.92 Å². The quantitative estimate of drug-likeness (QED) is 0.770. The average Bonchev–Trinajstić information content (AvgIpc) is 3.24. The normalized spacial score (nSPS) is 14.3. The molecule has 0 aromatic carbocycles. The lowest BCUT2D eigenvalue weighted by molar-refractivity contribution is 0.204. The standard InChI is InChI=1S/C13H22N4O2/c1-4-14-12-11(19-3)13(16-9-15-12)17(7-8-18-2)10-5-6-10/h9-10H,4-8H2,1-3H3,(H,14,15,16). The minimum absolute atomic E-state index is 0.549. The molecule has 0 amide bonds. The van der Waals surface area contributed by atoms with Gasteiger partial charge < -0.3 is 19.7 Å². The Balaban J connectivity index is 2.26. The summed E-state index contributed by atoms with van der Waals surface area (Å²) in [5.74, 6) is 2.32. The molecule has 0 spiro atoms. The molecule has 0 saturated heterocycles. The summed E-state index contributed by atoms with van der Waals surface area (Å²) >= 11 is 0. The third-order valence-electron chi connectivity index (χ3n) is 3.13. The second-order valence-corrected chi connectivity index (χ2v) is 4.53. The Morgan fingerprint density at radius 1 is 1.37 bits per heavy atom. The third kappa shape index (κ3) is 3.26. The summed E-state index contributed by atoms with van der Waals surface area (Å²) in [6, 6.07) is 0.549. The summed E-state index contributed by atoms with van der Waals surface area (Å²) < 4.78 is 10.7. The summed E-state index contributed by atoms with van der Waals surface area (Å²) in [7, 11) is 3.37. The van der Waals surface area contributed by atoms with Gasteiger partial charge in [-0.3, -0.25) is 0 Å². The van der Waals surface area contributed by atoms with Gasteiger partial charge in [-0.15, -0.1) is 0 Å². The topological polar surface area (TPSA) is 59.5 Å². The lowest BCUT2D eigenvalue weighted by atomic mass is 10.3. The van der Waals surface area contributed by atoms with Crippen LogP contribution >= 0.6 is 0 Å². The number of anilines is 2. The van der Waals surface area contributed by atoms with Crippen molar-refractivity contribution in [2.75, 3.05) is 44.1 Å². The Kier molecular flexibility index (Phi) is 4.79. The molecule has 1 aliphatic rings. The maximum atomic E-state index is 5.50. The average molecular weight is 266 g/mol. The van der Waals surface area contributed by atoms with Crippen LogP contribution in [0.15, 0.2) is 6.33 Å². The van der Waals surface area contributed by atoms with Gasteiger partial charge in [-0.1, -0.05) is 0 Å². The molecule has 1 aromatic heterocycles. The van der Waals surface area contributed by atoms with Crippen LogP contribution in [0.25, 0.3) is 0 Å². The monoisotopic (exact) mass is 266 g/mol. The van der Waals surface area contributed by atoms with E-state index < -0.39 is 0 Å². The largest absolute Gasteiger partial charge is 0.490 e. The van der Waals surface area contributed by atoms with Crippen LogP contribution in [0.5, 0.6) is 5.75 Å². The SMILES string of the molecule is CCNc1ncnc(N(CCOC)C2CC2)c1OC. The maximum absolute atomic E-state index is 5.50. The van der Waals surface area contributed by atoms with Gasteiger partial charge in [0, 0.05) is 26.2 Å². The predicted octanol–water partition coefficient (Wildman–Crippen LogP) is 1.53. The van der Waals surface area contributed by atoms with E-state index in [0.29, 0.717) is 18.4 Å². The van der Waals surface area contributed by atoms with Crippen LogP contribution in [0.1, 0.15) is 19.8 Å². The van der Waals surface area contributed by atoms with Crippen LogP contribution in [-0.4, -0.2) is 49.9 Å². The van der Waals surface area contributed by atoms with E-state index in [4.69, 9.17) is 9.47 Å². The van der Waals surface area contributed by atoms with Gasteiger partial charge in [-0.05, 0) is 19.8 Å². The summed E-state index contributed by atoms with van der Waals surface area (Å²) in [5, 5.41) is 3.20. The lowest BCUT2D eigenvalue weighted by Crippen LogP contribution is -2.31. The molecule has 1 saturated carbocycles. The van der Waals surface area contributed by atoms with Crippen molar-refractivity contribution in [2.24, 2.45) is 0 Å². The van der Waals surface area contributed by atoms with Gasteiger partial charge in [0.05, 0.1) is 13.7 Å². The van der Waals surface area contributed by atoms with E-state index in [1.165, 1.54) is 12.8 Å². The number of methoxy groups -OCH3 is 2. The van der Waals surface area contributed by atoms with Crippen molar-refractivity contribution in [3.8, 4) is 5.75 Å². The molecular weight excluding hydrogens is 244 g/mol. The fraction of sp³-hybridized carbons (Fsp3) is 0.692. The summed E-state index contributed by atoms with van der Waals surface area (Å²) in [6.07, 6.45) is 3.98. The fourth-order valence-corrected chi connectivity index (χ4v) is 2.09. The molecule has 1 N–H and O–H groups in total. The van der Waals surface area contributed by atoms with Crippen LogP contribution in [-0.2, 0) is 4.74 Å². The van der Waals surface area contributed by atoms with E-state index in [9.17, 15) is 0 Å². The molecule has 1 aliphatic carbocycles. The van der Waals surface area contributed by atoms with E-state index in [0.717, 1.165) is 24.7 Å². The lowest BCUT2D eigenvalue weighted by Gasteiger charge is -2.25. The summed E-state index contributed by atoms with van der Waals surface area (Å²) in [4.78, 5) is 10.9. The maximum Gasteiger partial charge on any atom is 0.204 e. The van der Waals surface area contributed by atoms with Crippen LogP contribution in [0.2, 0.25) is 0 Å².